The van der Waals surface area contributed by atoms with E-state index in [1.54, 1.807) is 7.11 Å². The van der Waals surface area contributed by atoms with Gasteiger partial charge in [-0.05, 0) is 23.3 Å². The molecule has 2 atom stereocenters. The molecule has 22 heavy (non-hydrogen) atoms. The van der Waals surface area contributed by atoms with Crippen molar-refractivity contribution in [3.8, 4) is 5.75 Å². The van der Waals surface area contributed by atoms with E-state index in [0.717, 1.165) is 23.2 Å². The van der Waals surface area contributed by atoms with Crippen LogP contribution >= 0.6 is 0 Å². The first-order chi connectivity index (χ1) is 10.8. The highest BCUT2D eigenvalue weighted by Crippen LogP contribution is 2.35. The fourth-order valence-electron chi connectivity index (χ4n) is 2.80. The maximum atomic E-state index is 11.4. The molecule has 1 fully saturated rings. The number of carbonyl (C=O) groups is 1. The molecular weight excluding hydrogens is 278 g/mol. The zero-order valence-electron chi connectivity index (χ0n) is 12.5. The van der Waals surface area contributed by atoms with Gasteiger partial charge in [-0.3, -0.25) is 4.84 Å². The van der Waals surface area contributed by atoms with Crippen molar-refractivity contribution in [3.05, 3.63) is 65.7 Å². The van der Waals surface area contributed by atoms with E-state index in [1.807, 2.05) is 47.5 Å². The smallest absolute Gasteiger partial charge is 0.127 e. The van der Waals surface area contributed by atoms with Gasteiger partial charge in [0.1, 0.15) is 12.0 Å². The zero-order chi connectivity index (χ0) is 15.4. The molecule has 1 aliphatic rings. The first-order valence-corrected chi connectivity index (χ1v) is 7.34. The second kappa shape index (κ2) is 6.73. The highest BCUT2D eigenvalue weighted by atomic mass is 16.7. The number of carbonyl (C=O) groups excluding carboxylic acids is 1. The lowest BCUT2D eigenvalue weighted by Gasteiger charge is -2.24. The molecule has 0 unspecified atom stereocenters. The fraction of sp³-hybridized carbons (Fsp3) is 0.278. The Morgan fingerprint density at radius 2 is 1.91 bits per heavy atom. The van der Waals surface area contributed by atoms with Crippen LogP contribution in [0.25, 0.3) is 0 Å². The second-order valence-corrected chi connectivity index (χ2v) is 5.37. The number of hydrogen-bond donors (Lipinski definition) is 0. The Morgan fingerprint density at radius 1 is 1.18 bits per heavy atom. The molecule has 2 aromatic rings. The third kappa shape index (κ3) is 3.03. The van der Waals surface area contributed by atoms with E-state index < -0.39 is 0 Å². The number of ether oxygens (including phenoxy) is 1. The lowest BCUT2D eigenvalue weighted by atomic mass is 9.95. The van der Waals surface area contributed by atoms with Gasteiger partial charge in [-0.2, -0.15) is 5.06 Å². The van der Waals surface area contributed by atoms with Crippen LogP contribution in [0.15, 0.2) is 54.6 Å². The van der Waals surface area contributed by atoms with Crippen LogP contribution in [-0.2, 0) is 16.2 Å². The minimum atomic E-state index is -0.155. The standard InChI is InChI=1S/C18H19NO3/c1-21-17-9-7-15(8-10-17)18-16(12-20)13-22-19(18)11-14-5-3-2-4-6-14/h2-10,12,16,18H,11,13H2,1H3/t16-,18+/m1/s1. The molecule has 0 amide bonds. The summed E-state index contributed by atoms with van der Waals surface area (Å²) in [6.07, 6.45) is 0.986. The summed E-state index contributed by atoms with van der Waals surface area (Å²) in [5, 5.41) is 1.90. The Bertz CT molecular complexity index is 612. The Hall–Kier alpha value is -2.17. The summed E-state index contributed by atoms with van der Waals surface area (Å²) in [7, 11) is 1.64. The van der Waals surface area contributed by atoms with Crippen LogP contribution in [0.2, 0.25) is 0 Å². The maximum Gasteiger partial charge on any atom is 0.127 e. The molecule has 1 aliphatic heterocycles. The largest absolute Gasteiger partial charge is 0.497 e. The third-order valence-electron chi connectivity index (χ3n) is 3.96. The highest BCUT2D eigenvalue weighted by molar-refractivity contribution is 5.56. The molecule has 0 aromatic heterocycles. The summed E-state index contributed by atoms with van der Waals surface area (Å²) in [5.41, 5.74) is 2.22. The van der Waals surface area contributed by atoms with Crippen LogP contribution in [0.3, 0.4) is 0 Å². The van der Waals surface area contributed by atoms with Crippen LogP contribution in [0.5, 0.6) is 5.75 Å². The van der Waals surface area contributed by atoms with Crippen LogP contribution < -0.4 is 4.74 Å². The summed E-state index contributed by atoms with van der Waals surface area (Å²) < 4.78 is 5.19. The molecule has 0 radical (unpaired) electrons. The average Bonchev–Trinajstić information content (AvgIpc) is 2.98. The van der Waals surface area contributed by atoms with Crippen molar-refractivity contribution in [1.29, 1.82) is 0 Å². The molecule has 0 N–H and O–H groups in total. The van der Waals surface area contributed by atoms with Gasteiger partial charge in [0.15, 0.2) is 0 Å². The van der Waals surface area contributed by atoms with Crippen molar-refractivity contribution in [2.24, 2.45) is 5.92 Å². The van der Waals surface area contributed by atoms with Crippen molar-refractivity contribution in [2.75, 3.05) is 13.7 Å². The minimum Gasteiger partial charge on any atom is -0.497 e. The van der Waals surface area contributed by atoms with Crippen LogP contribution in [0.4, 0.5) is 0 Å². The maximum absolute atomic E-state index is 11.4. The van der Waals surface area contributed by atoms with Gasteiger partial charge >= 0.3 is 0 Å². The van der Waals surface area contributed by atoms with Crippen molar-refractivity contribution < 1.29 is 14.4 Å². The molecule has 3 rings (SSSR count). The van der Waals surface area contributed by atoms with Crippen molar-refractivity contribution in [1.82, 2.24) is 5.06 Å². The molecule has 0 aliphatic carbocycles. The number of hydrogen-bond acceptors (Lipinski definition) is 4. The highest BCUT2D eigenvalue weighted by Gasteiger charge is 2.36. The van der Waals surface area contributed by atoms with Crippen molar-refractivity contribution in [3.63, 3.8) is 0 Å². The van der Waals surface area contributed by atoms with Gasteiger partial charge < -0.3 is 9.53 Å². The second-order valence-electron chi connectivity index (χ2n) is 5.37. The van der Waals surface area contributed by atoms with Gasteiger partial charge in [-0.25, -0.2) is 0 Å². The summed E-state index contributed by atoms with van der Waals surface area (Å²) >= 11 is 0. The third-order valence-corrected chi connectivity index (χ3v) is 3.96. The molecule has 1 saturated heterocycles. The van der Waals surface area contributed by atoms with Gasteiger partial charge in [-0.15, -0.1) is 0 Å². The van der Waals surface area contributed by atoms with Crippen LogP contribution in [0.1, 0.15) is 17.2 Å². The summed E-state index contributed by atoms with van der Waals surface area (Å²) in [4.78, 5) is 17.1. The number of rotatable bonds is 5. The van der Waals surface area contributed by atoms with Crippen LogP contribution in [-0.4, -0.2) is 25.1 Å². The topological polar surface area (TPSA) is 38.8 Å². The first-order valence-electron chi connectivity index (χ1n) is 7.34. The normalized spacial score (nSPS) is 21.7. The van der Waals surface area contributed by atoms with Crippen molar-refractivity contribution >= 4 is 6.29 Å². The summed E-state index contributed by atoms with van der Waals surface area (Å²) in [6.45, 7) is 1.08. The molecule has 0 saturated carbocycles. The van der Waals surface area contributed by atoms with Crippen LogP contribution in [0, 0.1) is 5.92 Å². The molecule has 0 bridgehead atoms. The van der Waals surface area contributed by atoms with Gasteiger partial charge in [0, 0.05) is 6.54 Å². The number of methoxy groups -OCH3 is 1. The van der Waals surface area contributed by atoms with Crippen molar-refractivity contribution in [2.45, 2.75) is 12.6 Å². The van der Waals surface area contributed by atoms with E-state index in [1.165, 1.54) is 0 Å². The number of benzene rings is 2. The predicted octanol–water partition coefficient (Wildman–Crippen LogP) is 3.00. The van der Waals surface area contributed by atoms with E-state index in [-0.39, 0.29) is 12.0 Å². The lowest BCUT2D eigenvalue weighted by Crippen LogP contribution is -2.24. The van der Waals surface area contributed by atoms with Gasteiger partial charge in [0.2, 0.25) is 0 Å². The minimum absolute atomic E-state index is 0.0661. The van der Waals surface area contributed by atoms with E-state index >= 15 is 0 Å². The molecule has 2 aromatic carbocycles. The summed E-state index contributed by atoms with van der Waals surface area (Å²) in [6, 6.07) is 17.9. The van der Waals surface area contributed by atoms with E-state index in [2.05, 4.69) is 12.1 Å². The Kier molecular flexibility index (Phi) is 4.51. The molecule has 0 spiro atoms. The fourth-order valence-corrected chi connectivity index (χ4v) is 2.80. The number of aldehydes is 1. The van der Waals surface area contributed by atoms with E-state index in [9.17, 15) is 4.79 Å². The molecule has 114 valence electrons. The van der Waals surface area contributed by atoms with E-state index in [4.69, 9.17) is 9.57 Å². The zero-order valence-corrected chi connectivity index (χ0v) is 12.5. The summed E-state index contributed by atoms with van der Waals surface area (Å²) in [5.74, 6) is 0.650. The average molecular weight is 297 g/mol. The SMILES string of the molecule is COc1ccc([C@H]2[C@H](C=O)CON2Cc2ccccc2)cc1. The van der Waals surface area contributed by atoms with Gasteiger partial charge in [0.25, 0.3) is 0 Å². The lowest BCUT2D eigenvalue weighted by molar-refractivity contribution is -0.141. The quantitative estimate of drug-likeness (QED) is 0.795. The Labute approximate surface area is 130 Å². The predicted molar refractivity (Wildman–Crippen MR) is 83.2 cm³/mol. The monoisotopic (exact) mass is 297 g/mol. The number of nitrogens with zero attached hydrogens (tertiary/aromatic N) is 1. The Morgan fingerprint density at radius 3 is 2.55 bits per heavy atom. The molecule has 4 heteroatoms. The number of hydroxylamine groups is 2. The molecule has 1 heterocycles. The van der Waals surface area contributed by atoms with Gasteiger partial charge in [0.05, 0.1) is 25.7 Å². The van der Waals surface area contributed by atoms with Gasteiger partial charge in [-0.1, -0.05) is 42.5 Å². The molecule has 4 nitrogen and oxygen atoms in total. The molecular formula is C18H19NO3. The van der Waals surface area contributed by atoms with E-state index in [0.29, 0.717) is 13.2 Å². The Balaban J connectivity index is 1.84. The first kappa shape index (κ1) is 14.8.